The van der Waals surface area contributed by atoms with Gasteiger partial charge < -0.3 is 0 Å². The van der Waals surface area contributed by atoms with Crippen molar-refractivity contribution in [2.24, 2.45) is 0 Å². The molecule has 0 radical (unpaired) electrons. The van der Waals surface area contributed by atoms with Gasteiger partial charge >= 0.3 is 105 Å². The molecule has 0 aromatic carbocycles. The van der Waals surface area contributed by atoms with Crippen LogP contribution >= 0.6 is 0 Å². The van der Waals surface area contributed by atoms with E-state index < -0.39 is 0 Å². The molecule has 3 aromatic rings. The third kappa shape index (κ3) is 2.04. The van der Waals surface area contributed by atoms with Crippen molar-refractivity contribution in [3.8, 4) is 20.4 Å². The summed E-state index contributed by atoms with van der Waals surface area (Å²) in [4.78, 5) is 0. The molecule has 2 nitrogen and oxygen atoms in total. The van der Waals surface area contributed by atoms with Gasteiger partial charge in [-0.1, -0.05) is 0 Å². The molecular formula is C14H12O2Se. The van der Waals surface area contributed by atoms with Crippen molar-refractivity contribution in [3.63, 3.8) is 0 Å². The van der Waals surface area contributed by atoms with Gasteiger partial charge in [0.25, 0.3) is 0 Å². The molecule has 86 valence electrons. The Morgan fingerprint density at radius 3 is 1.53 bits per heavy atom. The number of aryl methyl sites for hydroxylation is 2. The summed E-state index contributed by atoms with van der Waals surface area (Å²) in [5, 5.41) is 0. The molecule has 0 fully saturated rings. The molecule has 3 heterocycles. The summed E-state index contributed by atoms with van der Waals surface area (Å²) in [6.07, 6.45) is 0. The van der Waals surface area contributed by atoms with Gasteiger partial charge in [0.2, 0.25) is 0 Å². The molecule has 0 saturated carbocycles. The van der Waals surface area contributed by atoms with Gasteiger partial charge in [-0.15, -0.1) is 0 Å². The Morgan fingerprint density at radius 1 is 0.706 bits per heavy atom. The Kier molecular flexibility index (Phi) is 2.58. The number of rotatable bonds is 2. The molecule has 3 aromatic heterocycles. The number of hydrogen-bond acceptors (Lipinski definition) is 2. The van der Waals surface area contributed by atoms with Crippen molar-refractivity contribution in [1.82, 2.24) is 0 Å². The molecule has 0 N–H and O–H groups in total. The van der Waals surface area contributed by atoms with Crippen molar-refractivity contribution in [3.05, 3.63) is 47.9 Å². The predicted octanol–water partition coefficient (Wildman–Crippen LogP) is 3.88. The Hall–Kier alpha value is -1.44. The average molecular weight is 291 g/mol. The van der Waals surface area contributed by atoms with E-state index in [2.05, 4.69) is 12.1 Å². The standard InChI is InChI=1S/C14H12O2Se/c1-9-3-5-11(15-9)13-7-8-14(17-13)12-6-4-10(2)16-12/h3-8H,1-2H3. The van der Waals surface area contributed by atoms with Crippen LogP contribution in [0.15, 0.2) is 45.2 Å². The second-order valence-corrected chi connectivity index (χ2v) is 6.26. The van der Waals surface area contributed by atoms with Gasteiger partial charge in [0.1, 0.15) is 0 Å². The monoisotopic (exact) mass is 292 g/mol. The van der Waals surface area contributed by atoms with Crippen molar-refractivity contribution in [2.75, 3.05) is 0 Å². The van der Waals surface area contributed by atoms with Crippen molar-refractivity contribution in [2.45, 2.75) is 13.8 Å². The summed E-state index contributed by atoms with van der Waals surface area (Å²) in [6, 6.07) is 12.3. The SMILES string of the molecule is Cc1ccc(-c2ccc(-c3ccc(C)o3)[se]2)o1. The quantitative estimate of drug-likeness (QED) is 0.670. The van der Waals surface area contributed by atoms with Gasteiger partial charge in [-0.25, -0.2) is 0 Å². The normalized spacial score (nSPS) is 10.9. The van der Waals surface area contributed by atoms with E-state index in [1.807, 2.05) is 38.1 Å². The first-order chi connectivity index (χ1) is 8.22. The second kappa shape index (κ2) is 4.10. The summed E-state index contributed by atoms with van der Waals surface area (Å²) in [7, 11) is 0. The van der Waals surface area contributed by atoms with Crippen LogP contribution in [0.1, 0.15) is 11.5 Å². The Bertz CT molecular complexity index is 588. The van der Waals surface area contributed by atoms with Crippen LogP contribution in [0.4, 0.5) is 0 Å². The van der Waals surface area contributed by atoms with E-state index in [0.717, 1.165) is 23.0 Å². The fraction of sp³-hybridized carbons (Fsp3) is 0.143. The topological polar surface area (TPSA) is 26.3 Å². The number of furan rings is 2. The van der Waals surface area contributed by atoms with Crippen LogP contribution in [0.3, 0.4) is 0 Å². The van der Waals surface area contributed by atoms with Crippen LogP contribution < -0.4 is 0 Å². The molecule has 17 heavy (non-hydrogen) atoms. The number of hydrogen-bond donors (Lipinski definition) is 0. The van der Waals surface area contributed by atoms with Crippen LogP contribution in [-0.2, 0) is 0 Å². The van der Waals surface area contributed by atoms with Gasteiger partial charge in [-0.3, -0.25) is 0 Å². The molecule has 0 spiro atoms. The molecular weight excluding hydrogens is 279 g/mol. The van der Waals surface area contributed by atoms with Crippen LogP contribution in [0.25, 0.3) is 20.4 Å². The van der Waals surface area contributed by atoms with E-state index in [1.165, 1.54) is 8.87 Å². The Balaban J connectivity index is 1.98. The van der Waals surface area contributed by atoms with Gasteiger partial charge in [0, 0.05) is 0 Å². The maximum absolute atomic E-state index is 5.64. The third-order valence-corrected chi connectivity index (χ3v) is 4.91. The minimum atomic E-state index is 0.272. The van der Waals surface area contributed by atoms with Crippen molar-refractivity contribution >= 4 is 14.5 Å². The van der Waals surface area contributed by atoms with Gasteiger partial charge in [0.05, 0.1) is 0 Å². The van der Waals surface area contributed by atoms with E-state index in [0.29, 0.717) is 0 Å². The van der Waals surface area contributed by atoms with Crippen molar-refractivity contribution < 1.29 is 8.83 Å². The van der Waals surface area contributed by atoms with Crippen LogP contribution in [0, 0.1) is 13.8 Å². The van der Waals surface area contributed by atoms with Crippen LogP contribution in [0.2, 0.25) is 0 Å². The van der Waals surface area contributed by atoms with Gasteiger partial charge in [0.15, 0.2) is 0 Å². The molecule has 0 aliphatic rings. The molecule has 3 rings (SSSR count). The van der Waals surface area contributed by atoms with Crippen LogP contribution in [-0.4, -0.2) is 14.5 Å². The molecule has 3 heteroatoms. The predicted molar refractivity (Wildman–Crippen MR) is 68.3 cm³/mol. The maximum atomic E-state index is 5.64. The summed E-state index contributed by atoms with van der Waals surface area (Å²) in [5.74, 6) is 3.88. The van der Waals surface area contributed by atoms with E-state index in [9.17, 15) is 0 Å². The zero-order valence-electron chi connectivity index (χ0n) is 9.69. The fourth-order valence-corrected chi connectivity index (χ4v) is 3.69. The molecule has 0 aliphatic carbocycles. The summed E-state index contributed by atoms with van der Waals surface area (Å²) in [6.45, 7) is 3.94. The Morgan fingerprint density at radius 2 is 1.18 bits per heavy atom. The first-order valence-corrected chi connectivity index (χ1v) is 7.17. The minimum absolute atomic E-state index is 0.272. The molecule has 0 saturated heterocycles. The summed E-state index contributed by atoms with van der Waals surface area (Å²) >= 11 is 0.272. The van der Waals surface area contributed by atoms with Crippen molar-refractivity contribution in [1.29, 1.82) is 0 Å². The van der Waals surface area contributed by atoms with E-state index >= 15 is 0 Å². The summed E-state index contributed by atoms with van der Waals surface area (Å²) < 4.78 is 13.8. The fourth-order valence-electron chi connectivity index (χ4n) is 1.74. The van der Waals surface area contributed by atoms with Gasteiger partial charge in [-0.2, -0.15) is 0 Å². The zero-order valence-corrected chi connectivity index (χ0v) is 11.4. The second-order valence-electron chi connectivity index (χ2n) is 3.98. The molecule has 0 atom stereocenters. The third-order valence-electron chi connectivity index (χ3n) is 2.57. The first kappa shape index (κ1) is 10.7. The van der Waals surface area contributed by atoms with E-state index in [1.54, 1.807) is 0 Å². The van der Waals surface area contributed by atoms with E-state index in [-0.39, 0.29) is 14.5 Å². The summed E-state index contributed by atoms with van der Waals surface area (Å²) in [5.41, 5.74) is 0. The first-order valence-electron chi connectivity index (χ1n) is 5.46. The molecule has 0 aliphatic heterocycles. The van der Waals surface area contributed by atoms with Gasteiger partial charge in [-0.05, 0) is 0 Å². The Labute approximate surface area is 106 Å². The average Bonchev–Trinajstić information content (AvgIpc) is 2.96. The van der Waals surface area contributed by atoms with Crippen LogP contribution in [0.5, 0.6) is 0 Å². The zero-order chi connectivity index (χ0) is 11.8. The molecule has 0 bridgehead atoms. The van der Waals surface area contributed by atoms with E-state index in [4.69, 9.17) is 8.83 Å². The molecule has 0 unspecified atom stereocenters. The molecule has 0 amide bonds.